The minimum absolute atomic E-state index is 0.0460. The van der Waals surface area contributed by atoms with E-state index in [1.54, 1.807) is 116 Å². The highest BCUT2D eigenvalue weighted by Crippen LogP contribution is 2.97. The molecule has 0 aliphatic heterocycles. The Morgan fingerprint density at radius 2 is 1.68 bits per heavy atom. The third kappa shape index (κ3) is 1.94. The normalized spacial score (nSPS) is 34.7. The van der Waals surface area contributed by atoms with Gasteiger partial charge in [-0.25, -0.2) is 0 Å². The van der Waals surface area contributed by atoms with Gasteiger partial charge in [-0.1, -0.05) is 48.1 Å². The standard InChI is InChI=1S/C51H34OS/c1-52-28(53)11-6-12-49(24-9-3-2-4-10-24)50-18-23-15-22-14-21-13-19-7-5-8-20-16-27-36-30(20)26-17-25-29(19)31(21)37-32(22)38-33(23)47(50)44-43-40(35(26)34(25)39(37)42(38)43)41(36)45(44)48-46(27)51(48,49)50/h2-4,8-10,15,19,21,23,29H,5-7,11-14,16-18H2,1H3. The predicted molar refractivity (Wildman–Crippen MR) is 217 cm³/mol. The molecule has 11 aliphatic rings. The second kappa shape index (κ2) is 7.03. The molecular weight excluding hydrogens is 661 g/mol. The van der Waals surface area contributed by atoms with Gasteiger partial charge in [-0.2, -0.15) is 0 Å². The van der Waals surface area contributed by atoms with Crippen LogP contribution in [-0.2, 0) is 33.8 Å². The topological polar surface area (TPSA) is 9.23 Å². The molecule has 0 aromatic heterocycles. The van der Waals surface area contributed by atoms with Crippen LogP contribution in [0.5, 0.6) is 0 Å². The van der Waals surface area contributed by atoms with E-state index < -0.39 is 0 Å². The van der Waals surface area contributed by atoms with Gasteiger partial charge in [0.15, 0.2) is 5.05 Å². The van der Waals surface area contributed by atoms with E-state index in [9.17, 15) is 0 Å². The van der Waals surface area contributed by atoms with Crippen LogP contribution in [0.3, 0.4) is 0 Å². The zero-order chi connectivity index (χ0) is 33.5. The highest BCUT2D eigenvalue weighted by atomic mass is 32.1. The first-order valence-corrected chi connectivity index (χ1v) is 21.3. The first-order valence-electron chi connectivity index (χ1n) is 20.9. The maximum absolute atomic E-state index is 5.74. The lowest BCUT2D eigenvalue weighted by Crippen LogP contribution is -2.32. The molecule has 7 atom stereocenters. The zero-order valence-electron chi connectivity index (χ0n) is 29.7. The number of thiocarbonyl (C=S) groups is 1. The summed E-state index contributed by atoms with van der Waals surface area (Å²) >= 11 is 5.74. The summed E-state index contributed by atoms with van der Waals surface area (Å²) in [6.45, 7) is 0. The molecule has 0 amide bonds. The fraction of sp³-hybridized carbons (Fsp3) is 0.353. The molecule has 2 saturated carbocycles. The lowest BCUT2D eigenvalue weighted by atomic mass is 9.73. The van der Waals surface area contributed by atoms with E-state index in [-0.39, 0.29) is 16.2 Å². The van der Waals surface area contributed by atoms with Gasteiger partial charge in [0.05, 0.1) is 7.11 Å². The first kappa shape index (κ1) is 25.7. The SMILES string of the molecule is COC(=S)CCCC1(c2ccccc2)C23CC4C=C5CC6CC7CCC=C8Cc9c%10c(c%11c%12c2c4c2c5c4c5c%13c%14c(c8c9c%11c%14c%12c25)CC=%13C7C=46)C%1013. The number of allylic oxidation sites excluding steroid dienone is 4. The second-order valence-corrected chi connectivity index (χ2v) is 20.1. The molecule has 0 radical (unpaired) electrons. The maximum Gasteiger partial charge on any atom is 0.159 e. The molecule has 0 N–H and O–H groups in total. The molecular formula is C51H34OS. The number of hydrogen-bond acceptors (Lipinski definition) is 2. The van der Waals surface area contributed by atoms with Crippen molar-refractivity contribution >= 4 is 93.4 Å². The monoisotopic (exact) mass is 694 g/mol. The largest absolute Gasteiger partial charge is 0.490 e. The van der Waals surface area contributed by atoms with Gasteiger partial charge in [0.2, 0.25) is 0 Å². The third-order valence-electron chi connectivity index (χ3n) is 18.9. The van der Waals surface area contributed by atoms with Crippen LogP contribution < -0.4 is 10.4 Å². The van der Waals surface area contributed by atoms with Gasteiger partial charge in [0.25, 0.3) is 0 Å². The summed E-state index contributed by atoms with van der Waals surface area (Å²) in [5.41, 5.74) is 23.3. The average molecular weight is 695 g/mol. The molecule has 0 saturated heterocycles. The van der Waals surface area contributed by atoms with Crippen molar-refractivity contribution in [2.45, 2.75) is 86.4 Å². The molecule has 7 aromatic carbocycles. The Bertz CT molecular complexity index is 3430. The maximum atomic E-state index is 5.74. The van der Waals surface area contributed by atoms with Crippen LogP contribution in [-0.4, -0.2) is 12.2 Å². The Labute approximate surface area is 311 Å². The second-order valence-electron chi connectivity index (χ2n) is 19.6. The Balaban J connectivity index is 1.14. The van der Waals surface area contributed by atoms with E-state index in [0.29, 0.717) is 11.8 Å². The van der Waals surface area contributed by atoms with E-state index in [0.717, 1.165) is 36.1 Å². The number of methoxy groups -OCH3 is 1. The van der Waals surface area contributed by atoms with Gasteiger partial charge in [-0.3, -0.25) is 0 Å². The van der Waals surface area contributed by atoms with Gasteiger partial charge in [0, 0.05) is 34.5 Å². The molecule has 2 spiro atoms. The molecule has 53 heavy (non-hydrogen) atoms. The number of ether oxygens (including phenoxy) is 1. The lowest BCUT2D eigenvalue weighted by Gasteiger charge is -2.30. The Morgan fingerprint density at radius 1 is 0.830 bits per heavy atom. The third-order valence-corrected chi connectivity index (χ3v) is 19.2. The van der Waals surface area contributed by atoms with Gasteiger partial charge in [0.1, 0.15) is 0 Å². The minimum Gasteiger partial charge on any atom is -0.490 e. The number of benzene rings is 5. The summed E-state index contributed by atoms with van der Waals surface area (Å²) < 4.78 is 5.65. The predicted octanol–water partition coefficient (Wildman–Crippen LogP) is 9.86. The van der Waals surface area contributed by atoms with E-state index in [4.69, 9.17) is 17.0 Å². The van der Waals surface area contributed by atoms with Crippen molar-refractivity contribution < 1.29 is 4.74 Å². The Kier molecular flexibility index (Phi) is 3.41. The Morgan fingerprint density at radius 3 is 2.58 bits per heavy atom. The molecule has 250 valence electrons. The molecule has 18 rings (SSSR count). The smallest absolute Gasteiger partial charge is 0.159 e. The van der Waals surface area contributed by atoms with Crippen molar-refractivity contribution in [1.29, 1.82) is 0 Å². The zero-order valence-corrected chi connectivity index (χ0v) is 30.6. The molecule has 2 bridgehead atoms. The highest BCUT2D eigenvalue weighted by molar-refractivity contribution is 7.80. The van der Waals surface area contributed by atoms with Crippen molar-refractivity contribution in [1.82, 2.24) is 0 Å². The summed E-state index contributed by atoms with van der Waals surface area (Å²) in [4.78, 5) is 0. The molecule has 11 aliphatic carbocycles. The number of fused-ring (bicyclic) bond motifs is 1. The van der Waals surface area contributed by atoms with Crippen molar-refractivity contribution in [2.75, 3.05) is 7.11 Å². The van der Waals surface area contributed by atoms with E-state index >= 15 is 0 Å². The van der Waals surface area contributed by atoms with Gasteiger partial charge >= 0.3 is 0 Å². The molecule has 2 heteroatoms. The van der Waals surface area contributed by atoms with Crippen LogP contribution in [0.15, 0.2) is 42.5 Å². The molecule has 1 nitrogen and oxygen atoms in total. The van der Waals surface area contributed by atoms with Crippen LogP contribution in [0.4, 0.5) is 0 Å². The van der Waals surface area contributed by atoms with Gasteiger partial charge in [-0.15, -0.1) is 0 Å². The quantitative estimate of drug-likeness (QED) is 0.131. The van der Waals surface area contributed by atoms with Crippen LogP contribution in [0.25, 0.3) is 76.2 Å². The fourth-order valence-corrected chi connectivity index (χ4v) is 18.4. The van der Waals surface area contributed by atoms with Gasteiger partial charge < -0.3 is 4.74 Å². The van der Waals surface area contributed by atoms with Crippen molar-refractivity contribution in [3.8, 4) is 0 Å². The number of rotatable bonds is 5. The summed E-state index contributed by atoms with van der Waals surface area (Å²) in [6.07, 6.45) is 17.7. The van der Waals surface area contributed by atoms with Crippen LogP contribution in [0.1, 0.15) is 107 Å². The van der Waals surface area contributed by atoms with E-state index in [2.05, 4.69) is 42.5 Å². The van der Waals surface area contributed by atoms with Crippen molar-refractivity contribution in [2.24, 2.45) is 17.8 Å². The summed E-state index contributed by atoms with van der Waals surface area (Å²) in [5.74, 6) is 2.73. The van der Waals surface area contributed by atoms with Crippen LogP contribution in [0, 0.1) is 17.8 Å². The summed E-state index contributed by atoms with van der Waals surface area (Å²) in [7, 11) is 1.77. The molecule has 7 unspecified atom stereocenters. The van der Waals surface area contributed by atoms with Crippen LogP contribution in [0.2, 0.25) is 0 Å². The minimum atomic E-state index is 0.0460. The molecule has 7 aromatic rings. The Hall–Kier alpha value is -4.27. The summed E-state index contributed by atoms with van der Waals surface area (Å²) in [5, 5.41) is 21.6. The van der Waals surface area contributed by atoms with Crippen LogP contribution >= 0.6 is 12.2 Å². The molecule has 2 fully saturated rings. The lowest BCUT2D eigenvalue weighted by molar-refractivity contribution is 0.394. The van der Waals surface area contributed by atoms with E-state index in [1.165, 1.54) is 44.9 Å². The first-order chi connectivity index (χ1) is 26.2. The van der Waals surface area contributed by atoms with E-state index in [1.807, 2.05) is 27.8 Å². The van der Waals surface area contributed by atoms with Crippen molar-refractivity contribution in [3.63, 3.8) is 0 Å². The average Bonchev–Trinajstić information content (AvgIpc) is 3.58. The number of hydrogen-bond donors (Lipinski definition) is 0. The summed E-state index contributed by atoms with van der Waals surface area (Å²) in [6, 6.07) is 12.0. The highest BCUT2D eigenvalue weighted by Gasteiger charge is 2.97. The fourth-order valence-electron chi connectivity index (χ4n) is 18.3. The van der Waals surface area contributed by atoms with Gasteiger partial charge in [-0.05, 0) is 213 Å². The molecule has 0 heterocycles. The van der Waals surface area contributed by atoms with Crippen molar-refractivity contribution in [3.05, 3.63) is 103 Å².